The summed E-state index contributed by atoms with van der Waals surface area (Å²) in [6, 6.07) is 6.52. The summed E-state index contributed by atoms with van der Waals surface area (Å²) in [7, 11) is 0. The fraction of sp³-hybridized carbons (Fsp3) is 0.500. The Morgan fingerprint density at radius 3 is 2.70 bits per heavy atom. The van der Waals surface area contributed by atoms with Gasteiger partial charge in [0.05, 0.1) is 5.69 Å². The number of nitrogens with one attached hydrogen (secondary N) is 1. The van der Waals surface area contributed by atoms with Crippen LogP contribution in [0.4, 0.5) is 5.69 Å². The van der Waals surface area contributed by atoms with Crippen LogP contribution in [0.25, 0.3) is 5.82 Å². The number of rotatable bonds is 3. The van der Waals surface area contributed by atoms with Gasteiger partial charge in [-0.15, -0.1) is 0 Å². The topological polar surface area (TPSA) is 42.7 Å². The summed E-state index contributed by atoms with van der Waals surface area (Å²) in [6.45, 7) is 4.73. The third-order valence-corrected chi connectivity index (χ3v) is 4.21. The SMILES string of the molecule is CC1(C)CCC(Nc2cccnc2-n2cccn2)CC1. The Labute approximate surface area is 120 Å². The van der Waals surface area contributed by atoms with Crippen LogP contribution >= 0.6 is 0 Å². The molecule has 20 heavy (non-hydrogen) atoms. The molecule has 4 nitrogen and oxygen atoms in total. The highest BCUT2D eigenvalue weighted by atomic mass is 15.3. The number of nitrogens with zero attached hydrogens (tertiary/aromatic N) is 3. The van der Waals surface area contributed by atoms with Gasteiger partial charge < -0.3 is 5.32 Å². The summed E-state index contributed by atoms with van der Waals surface area (Å²) in [5, 5.41) is 7.93. The number of hydrogen-bond donors (Lipinski definition) is 1. The first-order chi connectivity index (χ1) is 9.64. The number of pyridine rings is 1. The maximum atomic E-state index is 4.45. The fourth-order valence-electron chi connectivity index (χ4n) is 2.85. The van der Waals surface area contributed by atoms with Crippen molar-refractivity contribution in [3.8, 4) is 5.82 Å². The molecule has 2 aromatic heterocycles. The normalized spacial score (nSPS) is 18.9. The van der Waals surface area contributed by atoms with Gasteiger partial charge in [-0.1, -0.05) is 13.8 Å². The molecule has 0 saturated heterocycles. The van der Waals surface area contributed by atoms with E-state index in [1.54, 1.807) is 6.20 Å². The average Bonchev–Trinajstić information content (AvgIpc) is 2.96. The van der Waals surface area contributed by atoms with E-state index in [0.29, 0.717) is 11.5 Å². The van der Waals surface area contributed by atoms with Gasteiger partial charge in [0.1, 0.15) is 0 Å². The van der Waals surface area contributed by atoms with E-state index in [0.717, 1.165) is 11.5 Å². The number of hydrogen-bond acceptors (Lipinski definition) is 3. The molecule has 0 bridgehead atoms. The van der Waals surface area contributed by atoms with E-state index in [-0.39, 0.29) is 0 Å². The Balaban J connectivity index is 1.75. The monoisotopic (exact) mass is 270 g/mol. The lowest BCUT2D eigenvalue weighted by Gasteiger charge is -2.35. The highest BCUT2D eigenvalue weighted by Crippen LogP contribution is 2.36. The van der Waals surface area contributed by atoms with Crippen molar-refractivity contribution in [3.05, 3.63) is 36.8 Å². The van der Waals surface area contributed by atoms with E-state index in [4.69, 9.17) is 0 Å². The second kappa shape index (κ2) is 5.27. The zero-order chi connectivity index (χ0) is 14.0. The van der Waals surface area contributed by atoms with Crippen LogP contribution in [0.3, 0.4) is 0 Å². The van der Waals surface area contributed by atoms with Crippen LogP contribution in [0.1, 0.15) is 39.5 Å². The third kappa shape index (κ3) is 2.84. The Kier molecular flexibility index (Phi) is 3.47. The molecule has 2 aromatic rings. The summed E-state index contributed by atoms with van der Waals surface area (Å²) >= 11 is 0. The minimum Gasteiger partial charge on any atom is -0.379 e. The first-order valence-corrected chi connectivity index (χ1v) is 7.36. The van der Waals surface area contributed by atoms with Crippen molar-refractivity contribution in [1.82, 2.24) is 14.8 Å². The number of aromatic nitrogens is 3. The maximum Gasteiger partial charge on any atom is 0.176 e. The summed E-state index contributed by atoms with van der Waals surface area (Å²) in [5.41, 5.74) is 1.57. The molecule has 1 N–H and O–H groups in total. The van der Waals surface area contributed by atoms with E-state index < -0.39 is 0 Å². The van der Waals surface area contributed by atoms with Gasteiger partial charge >= 0.3 is 0 Å². The quantitative estimate of drug-likeness (QED) is 0.925. The molecule has 106 valence electrons. The molecule has 1 aliphatic carbocycles. The molecule has 3 rings (SSSR count). The van der Waals surface area contributed by atoms with Crippen LogP contribution in [0.5, 0.6) is 0 Å². The van der Waals surface area contributed by atoms with Crippen molar-refractivity contribution >= 4 is 5.69 Å². The molecule has 0 radical (unpaired) electrons. The zero-order valence-electron chi connectivity index (χ0n) is 12.2. The lowest BCUT2D eigenvalue weighted by molar-refractivity contribution is 0.232. The highest BCUT2D eigenvalue weighted by Gasteiger charge is 2.27. The van der Waals surface area contributed by atoms with Gasteiger partial charge in [0, 0.05) is 24.6 Å². The molecule has 2 heterocycles. The van der Waals surface area contributed by atoms with Gasteiger partial charge in [0.15, 0.2) is 5.82 Å². The molecule has 0 amide bonds. The largest absolute Gasteiger partial charge is 0.379 e. The van der Waals surface area contributed by atoms with Crippen LogP contribution < -0.4 is 5.32 Å². The van der Waals surface area contributed by atoms with E-state index in [1.165, 1.54) is 25.7 Å². The van der Waals surface area contributed by atoms with Crippen molar-refractivity contribution in [2.75, 3.05) is 5.32 Å². The smallest absolute Gasteiger partial charge is 0.176 e. The lowest BCUT2D eigenvalue weighted by atomic mass is 9.75. The first-order valence-electron chi connectivity index (χ1n) is 7.36. The molecule has 0 unspecified atom stereocenters. The molecule has 0 atom stereocenters. The predicted octanol–water partition coefficient (Wildman–Crippen LogP) is 3.65. The van der Waals surface area contributed by atoms with Gasteiger partial charge in [-0.3, -0.25) is 0 Å². The van der Waals surface area contributed by atoms with Gasteiger partial charge in [-0.2, -0.15) is 5.10 Å². The van der Waals surface area contributed by atoms with E-state index in [1.807, 2.05) is 29.2 Å². The standard InChI is InChI=1S/C16H22N4/c1-16(2)8-6-13(7-9-16)19-14-5-3-10-17-15(14)20-12-4-11-18-20/h3-5,10-13,19H,6-9H2,1-2H3. The van der Waals surface area contributed by atoms with Crippen LogP contribution in [0.15, 0.2) is 36.8 Å². The maximum absolute atomic E-state index is 4.45. The van der Waals surface area contributed by atoms with Gasteiger partial charge in [-0.05, 0) is 49.3 Å². The fourth-order valence-corrected chi connectivity index (χ4v) is 2.85. The van der Waals surface area contributed by atoms with Gasteiger partial charge in [-0.25, -0.2) is 9.67 Å². The first kappa shape index (κ1) is 13.2. The van der Waals surface area contributed by atoms with Gasteiger partial charge in [0.2, 0.25) is 0 Å². The minimum absolute atomic E-state index is 0.498. The Bertz CT molecular complexity index is 550. The van der Waals surface area contributed by atoms with Crippen LogP contribution in [-0.4, -0.2) is 20.8 Å². The van der Waals surface area contributed by atoms with E-state index in [2.05, 4.69) is 35.3 Å². The molecule has 0 spiro atoms. The summed E-state index contributed by atoms with van der Waals surface area (Å²) in [5.74, 6) is 0.877. The molecular weight excluding hydrogens is 248 g/mol. The van der Waals surface area contributed by atoms with Crippen molar-refractivity contribution in [2.24, 2.45) is 5.41 Å². The van der Waals surface area contributed by atoms with Crippen molar-refractivity contribution < 1.29 is 0 Å². The zero-order valence-corrected chi connectivity index (χ0v) is 12.2. The molecular formula is C16H22N4. The predicted molar refractivity (Wildman–Crippen MR) is 81.0 cm³/mol. The molecule has 1 aliphatic rings. The Morgan fingerprint density at radius 1 is 1.20 bits per heavy atom. The number of anilines is 1. The molecule has 4 heteroatoms. The minimum atomic E-state index is 0.498. The summed E-state index contributed by atoms with van der Waals surface area (Å²) in [6.07, 6.45) is 10.5. The van der Waals surface area contributed by atoms with Crippen LogP contribution in [0.2, 0.25) is 0 Å². The molecule has 0 aliphatic heterocycles. The summed E-state index contributed by atoms with van der Waals surface area (Å²) < 4.78 is 1.81. The molecule has 0 aromatic carbocycles. The second-order valence-electron chi connectivity index (χ2n) is 6.41. The lowest BCUT2D eigenvalue weighted by Crippen LogP contribution is -2.30. The van der Waals surface area contributed by atoms with Crippen LogP contribution in [-0.2, 0) is 0 Å². The summed E-state index contributed by atoms with van der Waals surface area (Å²) in [4.78, 5) is 4.45. The molecule has 1 saturated carbocycles. The molecule has 1 fully saturated rings. The third-order valence-electron chi connectivity index (χ3n) is 4.21. The van der Waals surface area contributed by atoms with Crippen molar-refractivity contribution in [2.45, 2.75) is 45.6 Å². The average molecular weight is 270 g/mol. The van der Waals surface area contributed by atoms with Crippen molar-refractivity contribution in [3.63, 3.8) is 0 Å². The Morgan fingerprint density at radius 2 is 2.00 bits per heavy atom. The van der Waals surface area contributed by atoms with E-state index in [9.17, 15) is 0 Å². The van der Waals surface area contributed by atoms with Gasteiger partial charge in [0.25, 0.3) is 0 Å². The van der Waals surface area contributed by atoms with Crippen LogP contribution in [0, 0.1) is 5.41 Å². The van der Waals surface area contributed by atoms with E-state index >= 15 is 0 Å². The second-order valence-corrected chi connectivity index (χ2v) is 6.41. The van der Waals surface area contributed by atoms with Crippen molar-refractivity contribution in [1.29, 1.82) is 0 Å². The highest BCUT2D eigenvalue weighted by molar-refractivity contribution is 5.56. The Hall–Kier alpha value is -1.84.